The number of para-hydroxylation sites is 1. The Labute approximate surface area is 190 Å². The Hall–Kier alpha value is -3.02. The van der Waals surface area contributed by atoms with Crippen molar-refractivity contribution in [1.29, 1.82) is 0 Å². The van der Waals surface area contributed by atoms with Gasteiger partial charge < -0.3 is 19.3 Å². The maximum Gasteiger partial charge on any atom is 0.257 e. The SMILES string of the molecule is CCOc1ccccc1C(=O)N1CCC[C@@H](COc2ccc(C(=O)N3CCCC3)cc2)C1. The van der Waals surface area contributed by atoms with Crippen LogP contribution in [0, 0.1) is 5.92 Å². The summed E-state index contributed by atoms with van der Waals surface area (Å²) in [5, 5.41) is 0. The van der Waals surface area contributed by atoms with Gasteiger partial charge in [0.1, 0.15) is 11.5 Å². The second kappa shape index (κ2) is 10.5. The van der Waals surface area contributed by atoms with Crippen LogP contribution in [0.4, 0.5) is 0 Å². The van der Waals surface area contributed by atoms with Crippen molar-refractivity contribution in [2.45, 2.75) is 32.6 Å². The van der Waals surface area contributed by atoms with E-state index in [1.54, 1.807) is 0 Å². The Morgan fingerprint density at radius 3 is 2.34 bits per heavy atom. The summed E-state index contributed by atoms with van der Waals surface area (Å²) in [5.74, 6) is 1.79. The van der Waals surface area contributed by atoms with Crippen LogP contribution in [0.15, 0.2) is 48.5 Å². The van der Waals surface area contributed by atoms with Crippen molar-refractivity contribution < 1.29 is 19.1 Å². The first-order valence-corrected chi connectivity index (χ1v) is 11.7. The monoisotopic (exact) mass is 436 g/mol. The van der Waals surface area contributed by atoms with E-state index in [4.69, 9.17) is 9.47 Å². The average Bonchev–Trinajstić information content (AvgIpc) is 3.38. The molecule has 6 heteroatoms. The average molecular weight is 437 g/mol. The third-order valence-corrected chi connectivity index (χ3v) is 6.20. The Kier molecular flexibility index (Phi) is 7.30. The van der Waals surface area contributed by atoms with E-state index in [9.17, 15) is 9.59 Å². The van der Waals surface area contributed by atoms with Gasteiger partial charge in [0.2, 0.25) is 0 Å². The van der Waals surface area contributed by atoms with E-state index in [-0.39, 0.29) is 17.7 Å². The number of carbonyl (C=O) groups is 2. The van der Waals surface area contributed by atoms with E-state index in [1.165, 1.54) is 0 Å². The fourth-order valence-corrected chi connectivity index (χ4v) is 4.49. The number of carbonyl (C=O) groups excluding carboxylic acids is 2. The van der Waals surface area contributed by atoms with Crippen molar-refractivity contribution in [3.8, 4) is 11.5 Å². The van der Waals surface area contributed by atoms with E-state index < -0.39 is 0 Å². The summed E-state index contributed by atoms with van der Waals surface area (Å²) < 4.78 is 11.7. The third kappa shape index (κ3) is 5.23. The van der Waals surface area contributed by atoms with Gasteiger partial charge in [-0.3, -0.25) is 9.59 Å². The zero-order valence-corrected chi connectivity index (χ0v) is 18.8. The standard InChI is InChI=1S/C26H32N2O4/c1-2-31-24-10-4-3-9-23(24)26(30)28-17-7-8-20(18-28)19-32-22-13-11-21(12-14-22)25(29)27-15-5-6-16-27/h3-4,9-14,20H,2,5-8,15-19H2,1H3/t20-/m1/s1. The van der Waals surface area contributed by atoms with E-state index in [1.807, 2.05) is 65.3 Å². The van der Waals surface area contributed by atoms with Crippen LogP contribution in [0.3, 0.4) is 0 Å². The first kappa shape index (κ1) is 22.2. The highest BCUT2D eigenvalue weighted by Gasteiger charge is 2.26. The summed E-state index contributed by atoms with van der Waals surface area (Å²) >= 11 is 0. The van der Waals surface area contributed by atoms with Crippen LogP contribution in [0.2, 0.25) is 0 Å². The molecule has 2 amide bonds. The smallest absolute Gasteiger partial charge is 0.257 e. The predicted octanol–water partition coefficient (Wildman–Crippen LogP) is 4.25. The first-order valence-electron chi connectivity index (χ1n) is 11.7. The minimum Gasteiger partial charge on any atom is -0.493 e. The van der Waals surface area contributed by atoms with Crippen molar-refractivity contribution in [3.05, 3.63) is 59.7 Å². The molecule has 0 unspecified atom stereocenters. The number of benzene rings is 2. The minimum atomic E-state index is 0.0172. The van der Waals surface area contributed by atoms with Crippen molar-refractivity contribution in [1.82, 2.24) is 9.80 Å². The summed E-state index contributed by atoms with van der Waals surface area (Å²) in [6.07, 6.45) is 4.17. The summed E-state index contributed by atoms with van der Waals surface area (Å²) in [6.45, 7) is 6.13. The molecule has 2 heterocycles. The topological polar surface area (TPSA) is 59.1 Å². The van der Waals surface area contributed by atoms with E-state index in [2.05, 4.69) is 0 Å². The molecule has 0 spiro atoms. The van der Waals surface area contributed by atoms with Crippen LogP contribution in [-0.4, -0.2) is 61.0 Å². The molecule has 0 saturated carbocycles. The van der Waals surface area contributed by atoms with Gasteiger partial charge in [-0.05, 0) is 69.0 Å². The summed E-state index contributed by atoms with van der Waals surface area (Å²) in [5.41, 5.74) is 1.33. The van der Waals surface area contributed by atoms with Gasteiger partial charge in [0.05, 0.1) is 18.8 Å². The third-order valence-electron chi connectivity index (χ3n) is 6.20. The molecule has 6 nitrogen and oxygen atoms in total. The molecule has 32 heavy (non-hydrogen) atoms. The predicted molar refractivity (Wildman–Crippen MR) is 123 cm³/mol. The molecule has 2 fully saturated rings. The van der Waals surface area contributed by atoms with Crippen molar-refractivity contribution >= 4 is 11.8 Å². The maximum absolute atomic E-state index is 13.1. The van der Waals surface area contributed by atoms with Crippen LogP contribution < -0.4 is 9.47 Å². The zero-order valence-electron chi connectivity index (χ0n) is 18.8. The number of piperidine rings is 1. The maximum atomic E-state index is 13.1. The van der Waals surface area contributed by atoms with E-state index in [0.29, 0.717) is 36.6 Å². The number of rotatable bonds is 7. The summed E-state index contributed by atoms with van der Waals surface area (Å²) in [7, 11) is 0. The fourth-order valence-electron chi connectivity index (χ4n) is 4.49. The van der Waals surface area contributed by atoms with Crippen molar-refractivity contribution in [2.75, 3.05) is 39.4 Å². The quantitative estimate of drug-likeness (QED) is 0.651. The molecule has 0 N–H and O–H groups in total. The van der Waals surface area contributed by atoms with Gasteiger partial charge in [-0.1, -0.05) is 12.1 Å². The van der Waals surface area contributed by atoms with Crippen molar-refractivity contribution in [2.24, 2.45) is 5.92 Å². The van der Waals surface area contributed by atoms with Crippen LogP contribution in [0.5, 0.6) is 11.5 Å². The number of likely N-dealkylation sites (tertiary alicyclic amines) is 2. The molecule has 2 aromatic carbocycles. The Morgan fingerprint density at radius 2 is 1.59 bits per heavy atom. The fraction of sp³-hybridized carbons (Fsp3) is 0.462. The van der Waals surface area contributed by atoms with Gasteiger partial charge in [-0.25, -0.2) is 0 Å². The number of amides is 2. The second-order valence-electron chi connectivity index (χ2n) is 8.52. The molecule has 0 aliphatic carbocycles. The molecule has 0 aromatic heterocycles. The molecule has 0 radical (unpaired) electrons. The molecular weight excluding hydrogens is 404 g/mol. The Morgan fingerprint density at radius 1 is 0.875 bits per heavy atom. The highest BCUT2D eigenvalue weighted by molar-refractivity contribution is 5.97. The number of hydrogen-bond acceptors (Lipinski definition) is 4. The van der Waals surface area contributed by atoms with E-state index >= 15 is 0 Å². The lowest BCUT2D eigenvalue weighted by molar-refractivity contribution is 0.0629. The molecule has 1 atom stereocenters. The van der Waals surface area contributed by atoms with Crippen LogP contribution in [-0.2, 0) is 0 Å². The zero-order chi connectivity index (χ0) is 22.3. The minimum absolute atomic E-state index is 0.0172. The molecule has 2 aromatic rings. The van der Waals surface area contributed by atoms with E-state index in [0.717, 1.165) is 51.1 Å². The van der Waals surface area contributed by atoms with Gasteiger partial charge in [0.15, 0.2) is 0 Å². The lowest BCUT2D eigenvalue weighted by atomic mass is 9.98. The number of ether oxygens (including phenoxy) is 2. The molecule has 4 rings (SSSR count). The summed E-state index contributed by atoms with van der Waals surface area (Å²) in [4.78, 5) is 29.4. The molecule has 2 aliphatic rings. The molecular formula is C26H32N2O4. The molecule has 0 bridgehead atoms. The van der Waals surface area contributed by atoms with Crippen molar-refractivity contribution in [3.63, 3.8) is 0 Å². The normalized spacial score (nSPS) is 18.5. The van der Waals surface area contributed by atoms with Gasteiger partial charge in [0, 0.05) is 37.7 Å². The second-order valence-corrected chi connectivity index (χ2v) is 8.52. The summed E-state index contributed by atoms with van der Waals surface area (Å²) in [6, 6.07) is 14.9. The Balaban J connectivity index is 1.31. The largest absolute Gasteiger partial charge is 0.493 e. The first-order chi connectivity index (χ1) is 15.7. The van der Waals surface area contributed by atoms with Gasteiger partial charge in [0.25, 0.3) is 11.8 Å². The highest BCUT2D eigenvalue weighted by atomic mass is 16.5. The molecule has 170 valence electrons. The lowest BCUT2D eigenvalue weighted by Crippen LogP contribution is -2.41. The van der Waals surface area contributed by atoms with Gasteiger partial charge >= 0.3 is 0 Å². The van der Waals surface area contributed by atoms with Gasteiger partial charge in [-0.2, -0.15) is 0 Å². The van der Waals surface area contributed by atoms with Crippen LogP contribution in [0.25, 0.3) is 0 Å². The number of nitrogens with zero attached hydrogens (tertiary/aromatic N) is 2. The van der Waals surface area contributed by atoms with Crippen LogP contribution in [0.1, 0.15) is 53.3 Å². The molecule has 2 aliphatic heterocycles. The highest BCUT2D eigenvalue weighted by Crippen LogP contribution is 2.25. The Bertz CT molecular complexity index is 922. The molecule has 2 saturated heterocycles. The lowest BCUT2D eigenvalue weighted by Gasteiger charge is -2.33. The van der Waals surface area contributed by atoms with Gasteiger partial charge in [-0.15, -0.1) is 0 Å². The number of hydrogen-bond donors (Lipinski definition) is 0. The van der Waals surface area contributed by atoms with Crippen LogP contribution >= 0.6 is 0 Å².